The summed E-state index contributed by atoms with van der Waals surface area (Å²) < 4.78 is 5.30. The maximum Gasteiger partial charge on any atom is 0.341 e. The van der Waals surface area contributed by atoms with Crippen LogP contribution in [0.25, 0.3) is 0 Å². The Morgan fingerprint density at radius 3 is 2.67 bits per heavy atom. The number of nitrogens with two attached hydrogens (primary N) is 1. The smallest absolute Gasteiger partial charge is 0.341 e. The molecule has 0 radical (unpaired) electrons. The van der Waals surface area contributed by atoms with E-state index in [9.17, 15) is 9.59 Å². The summed E-state index contributed by atoms with van der Waals surface area (Å²) in [5.41, 5.74) is 6.29. The fourth-order valence-corrected chi connectivity index (χ4v) is 2.48. The summed E-state index contributed by atoms with van der Waals surface area (Å²) in [6, 6.07) is 14.1. The number of benzene rings is 2. The molecule has 1 atom stereocenters. The summed E-state index contributed by atoms with van der Waals surface area (Å²) in [7, 11) is 0. The van der Waals surface area contributed by atoms with Crippen molar-refractivity contribution < 1.29 is 14.3 Å². The Bertz CT molecular complexity index is 742. The van der Waals surface area contributed by atoms with E-state index in [0.717, 1.165) is 5.56 Å². The first kappa shape index (κ1) is 13.2. The highest BCUT2D eigenvalue weighted by Gasteiger charge is 2.50. The lowest BCUT2D eigenvalue weighted by molar-refractivity contribution is -0.134. The minimum Gasteiger partial charge on any atom is -0.421 e. The number of nitrogens with one attached hydrogen (secondary N) is 1. The first-order chi connectivity index (χ1) is 10.0. The van der Waals surface area contributed by atoms with E-state index in [2.05, 4.69) is 5.32 Å². The van der Waals surface area contributed by atoms with Crippen LogP contribution in [0.4, 0.5) is 5.69 Å². The van der Waals surface area contributed by atoms with E-state index in [1.54, 1.807) is 30.3 Å². The van der Waals surface area contributed by atoms with E-state index in [1.807, 2.05) is 25.1 Å². The Balaban J connectivity index is 2.11. The van der Waals surface area contributed by atoms with Crippen molar-refractivity contribution in [2.75, 3.05) is 5.32 Å². The number of carbonyl (C=O) groups is 2. The zero-order valence-electron chi connectivity index (χ0n) is 11.4. The lowest BCUT2D eigenvalue weighted by Gasteiger charge is -2.27. The zero-order valence-corrected chi connectivity index (χ0v) is 11.4. The van der Waals surface area contributed by atoms with Crippen molar-refractivity contribution in [3.8, 4) is 0 Å². The molecule has 0 spiro atoms. The second kappa shape index (κ2) is 4.63. The molecule has 0 bridgehead atoms. The SMILES string of the molecule is Cc1cccc(NC2(C(N)=O)OC(=O)c3ccccc32)c1. The number of anilines is 1. The number of fused-ring (bicyclic) bond motifs is 1. The zero-order chi connectivity index (χ0) is 15.0. The number of rotatable bonds is 3. The summed E-state index contributed by atoms with van der Waals surface area (Å²) in [6.07, 6.45) is 0. The maximum atomic E-state index is 12.0. The average molecular weight is 282 g/mol. The lowest BCUT2D eigenvalue weighted by atomic mass is 9.98. The predicted octanol–water partition coefficient (Wildman–Crippen LogP) is 1.92. The number of hydrogen-bond donors (Lipinski definition) is 2. The molecule has 1 unspecified atom stereocenters. The van der Waals surface area contributed by atoms with E-state index < -0.39 is 17.6 Å². The largest absolute Gasteiger partial charge is 0.421 e. The molecule has 2 aromatic carbocycles. The third kappa shape index (κ3) is 2.03. The van der Waals surface area contributed by atoms with E-state index in [-0.39, 0.29) is 0 Å². The second-order valence-corrected chi connectivity index (χ2v) is 4.98. The molecular weight excluding hydrogens is 268 g/mol. The molecule has 0 saturated heterocycles. The molecular formula is C16H14N2O3. The molecule has 0 aliphatic carbocycles. The van der Waals surface area contributed by atoms with Gasteiger partial charge in [-0.15, -0.1) is 0 Å². The molecule has 0 saturated carbocycles. The third-order valence-electron chi connectivity index (χ3n) is 3.46. The van der Waals surface area contributed by atoms with Gasteiger partial charge in [0.2, 0.25) is 0 Å². The van der Waals surface area contributed by atoms with Crippen molar-refractivity contribution in [2.45, 2.75) is 12.6 Å². The van der Waals surface area contributed by atoms with Gasteiger partial charge < -0.3 is 15.8 Å². The first-order valence-electron chi connectivity index (χ1n) is 6.50. The highest BCUT2D eigenvalue weighted by Crippen LogP contribution is 2.37. The number of hydrogen-bond acceptors (Lipinski definition) is 4. The third-order valence-corrected chi connectivity index (χ3v) is 3.46. The Labute approximate surface area is 121 Å². The molecule has 1 amide bonds. The Kier molecular flexibility index (Phi) is 2.90. The second-order valence-electron chi connectivity index (χ2n) is 4.98. The summed E-state index contributed by atoms with van der Waals surface area (Å²) in [6.45, 7) is 1.93. The Morgan fingerprint density at radius 2 is 1.95 bits per heavy atom. The lowest BCUT2D eigenvalue weighted by Crippen LogP contribution is -2.48. The summed E-state index contributed by atoms with van der Waals surface area (Å²) in [4.78, 5) is 24.0. The van der Waals surface area contributed by atoms with Crippen molar-refractivity contribution >= 4 is 17.6 Å². The van der Waals surface area contributed by atoms with Crippen molar-refractivity contribution in [3.63, 3.8) is 0 Å². The van der Waals surface area contributed by atoms with Crippen molar-refractivity contribution in [2.24, 2.45) is 5.73 Å². The van der Waals surface area contributed by atoms with Gasteiger partial charge in [0.1, 0.15) is 0 Å². The van der Waals surface area contributed by atoms with Crippen LogP contribution in [0.3, 0.4) is 0 Å². The summed E-state index contributed by atoms with van der Waals surface area (Å²) in [5, 5.41) is 2.96. The fraction of sp³-hybridized carbons (Fsp3) is 0.125. The van der Waals surface area contributed by atoms with E-state index in [4.69, 9.17) is 10.5 Å². The van der Waals surface area contributed by atoms with Crippen LogP contribution in [0, 0.1) is 6.92 Å². The van der Waals surface area contributed by atoms with Crippen LogP contribution in [0.15, 0.2) is 48.5 Å². The van der Waals surface area contributed by atoms with Crippen LogP contribution >= 0.6 is 0 Å². The number of esters is 1. The Hall–Kier alpha value is -2.82. The maximum absolute atomic E-state index is 12.0. The number of amides is 1. The van der Waals surface area contributed by atoms with Gasteiger partial charge in [-0.25, -0.2) is 4.79 Å². The number of aryl methyl sites for hydroxylation is 1. The minimum atomic E-state index is -1.67. The molecule has 5 heteroatoms. The molecule has 1 aliphatic rings. The number of carbonyl (C=O) groups excluding carboxylic acids is 2. The van der Waals surface area contributed by atoms with Gasteiger partial charge in [-0.1, -0.05) is 30.3 Å². The summed E-state index contributed by atoms with van der Waals surface area (Å²) in [5.74, 6) is -1.33. The normalized spacial score (nSPS) is 19.8. The van der Waals surface area contributed by atoms with Crippen LogP contribution in [-0.2, 0) is 15.3 Å². The molecule has 21 heavy (non-hydrogen) atoms. The topological polar surface area (TPSA) is 81.4 Å². The van der Waals surface area contributed by atoms with Gasteiger partial charge in [-0.2, -0.15) is 0 Å². The molecule has 106 valence electrons. The number of primary amides is 1. The summed E-state index contributed by atoms with van der Waals surface area (Å²) >= 11 is 0. The van der Waals surface area contributed by atoms with Gasteiger partial charge in [0.15, 0.2) is 0 Å². The van der Waals surface area contributed by atoms with Crippen molar-refractivity contribution in [1.82, 2.24) is 0 Å². The molecule has 3 N–H and O–H groups in total. The van der Waals surface area contributed by atoms with Crippen molar-refractivity contribution in [1.29, 1.82) is 0 Å². The van der Waals surface area contributed by atoms with Gasteiger partial charge in [0, 0.05) is 11.3 Å². The average Bonchev–Trinajstić information content (AvgIpc) is 2.74. The number of cyclic esters (lactones) is 1. The Morgan fingerprint density at radius 1 is 1.19 bits per heavy atom. The van der Waals surface area contributed by atoms with Crippen LogP contribution in [-0.4, -0.2) is 11.9 Å². The molecule has 0 aromatic heterocycles. The van der Waals surface area contributed by atoms with Gasteiger partial charge in [0.05, 0.1) is 5.56 Å². The van der Waals surface area contributed by atoms with Crippen LogP contribution in [0.5, 0.6) is 0 Å². The molecule has 5 nitrogen and oxygen atoms in total. The molecule has 1 aliphatic heterocycles. The molecule has 3 rings (SSSR count). The monoisotopic (exact) mass is 282 g/mol. The molecule has 2 aromatic rings. The number of ether oxygens (including phenoxy) is 1. The first-order valence-corrected chi connectivity index (χ1v) is 6.50. The van der Waals surface area contributed by atoms with Crippen LogP contribution in [0.1, 0.15) is 21.5 Å². The molecule has 1 heterocycles. The van der Waals surface area contributed by atoms with E-state index >= 15 is 0 Å². The fourth-order valence-electron chi connectivity index (χ4n) is 2.48. The van der Waals surface area contributed by atoms with E-state index in [0.29, 0.717) is 16.8 Å². The van der Waals surface area contributed by atoms with Gasteiger partial charge in [-0.05, 0) is 30.7 Å². The van der Waals surface area contributed by atoms with Crippen LogP contribution in [0.2, 0.25) is 0 Å². The minimum absolute atomic E-state index is 0.344. The predicted molar refractivity (Wildman–Crippen MR) is 77.5 cm³/mol. The van der Waals surface area contributed by atoms with Crippen LogP contribution < -0.4 is 11.1 Å². The highest BCUT2D eigenvalue weighted by atomic mass is 16.6. The van der Waals surface area contributed by atoms with Crippen molar-refractivity contribution in [3.05, 3.63) is 65.2 Å². The standard InChI is InChI=1S/C16H14N2O3/c1-10-5-4-6-11(9-10)18-16(15(17)20)13-8-3-2-7-12(13)14(19)21-16/h2-9,18H,1H3,(H2,17,20). The quantitative estimate of drug-likeness (QED) is 0.843. The molecule has 0 fully saturated rings. The van der Waals surface area contributed by atoms with Gasteiger partial charge in [0.25, 0.3) is 11.6 Å². The van der Waals surface area contributed by atoms with Gasteiger partial charge in [-0.3, -0.25) is 4.79 Å². The van der Waals surface area contributed by atoms with Gasteiger partial charge >= 0.3 is 5.97 Å². The highest BCUT2D eigenvalue weighted by molar-refractivity contribution is 6.02. The van der Waals surface area contributed by atoms with E-state index in [1.165, 1.54) is 0 Å².